The van der Waals surface area contributed by atoms with E-state index in [4.69, 9.17) is 4.84 Å². The molecule has 7 nitrogen and oxygen atoms in total. The van der Waals surface area contributed by atoms with Crippen LogP contribution in [0.2, 0.25) is 0 Å². The van der Waals surface area contributed by atoms with E-state index in [1.54, 1.807) is 0 Å². The Bertz CT molecular complexity index is 1170. The third-order valence-electron chi connectivity index (χ3n) is 12.2. The topological polar surface area (TPSA) is 68.3 Å². The van der Waals surface area contributed by atoms with Crippen molar-refractivity contribution < 1.29 is 14.7 Å². The highest BCUT2D eigenvalue weighted by atomic mass is 16.7. The lowest BCUT2D eigenvalue weighted by atomic mass is 9.45. The SMILES string of the molecule is C=C(C(=O)N[C@H]1C[C@H]2C[C@@H]([C@@H]1C)C2(C)C)C1[C@H](C(C)(C)O)CON1Cc1cccc(CN(CCN(C)C)CC2CCCCC2)c1. The second-order valence-corrected chi connectivity index (χ2v) is 16.5. The average molecular weight is 623 g/mol. The van der Waals surface area contributed by atoms with Gasteiger partial charge in [0.2, 0.25) is 5.91 Å². The summed E-state index contributed by atoms with van der Waals surface area (Å²) in [4.78, 5) is 24.9. The molecule has 1 amide bonds. The summed E-state index contributed by atoms with van der Waals surface area (Å²) in [7, 11) is 4.31. The molecule has 1 saturated heterocycles. The van der Waals surface area contributed by atoms with Crippen molar-refractivity contribution in [1.29, 1.82) is 0 Å². The lowest BCUT2D eigenvalue weighted by Gasteiger charge is -2.62. The smallest absolute Gasteiger partial charge is 0.248 e. The van der Waals surface area contributed by atoms with E-state index in [2.05, 4.69) is 80.8 Å². The molecule has 2 N–H and O–H groups in total. The second-order valence-electron chi connectivity index (χ2n) is 16.5. The standard InChI is InChI=1S/C38H62N4O3/c1-26-32-20-31(37(32,3)4)21-34(26)39-36(43)27(2)35-33(38(5,6)44)25-45-42(35)24-30-16-12-15-29(19-30)23-41(18-17-40(7)8)22-28-13-10-9-11-14-28/h12,15-16,19,26,28,31-35,44H,2,9-11,13-14,17-18,20-25H2,1,3-8H3,(H,39,43)/t26-,31+,32-,33+,34-,35?/m0/s1. The van der Waals surface area contributed by atoms with Crippen molar-refractivity contribution in [3.05, 3.63) is 47.5 Å². The highest BCUT2D eigenvalue weighted by Crippen LogP contribution is 2.61. The van der Waals surface area contributed by atoms with Crippen molar-refractivity contribution in [1.82, 2.24) is 20.2 Å². The largest absolute Gasteiger partial charge is 0.390 e. The molecule has 1 aromatic rings. The van der Waals surface area contributed by atoms with E-state index in [9.17, 15) is 9.90 Å². The van der Waals surface area contributed by atoms with Crippen molar-refractivity contribution in [2.75, 3.05) is 40.3 Å². The number of amides is 1. The van der Waals surface area contributed by atoms with Crippen LogP contribution >= 0.6 is 0 Å². The normalized spacial score (nSPS) is 30.4. The molecule has 6 atom stereocenters. The highest BCUT2D eigenvalue weighted by Gasteiger charge is 2.56. The van der Waals surface area contributed by atoms with Crippen molar-refractivity contribution in [3.63, 3.8) is 0 Å². The summed E-state index contributed by atoms with van der Waals surface area (Å²) < 4.78 is 0. The maximum atomic E-state index is 13.8. The number of likely N-dealkylation sites (N-methyl/N-ethyl adjacent to an activating group) is 1. The first-order chi connectivity index (χ1) is 21.2. The van der Waals surface area contributed by atoms with Crippen molar-refractivity contribution in [2.24, 2.45) is 35.0 Å². The number of fused-ring (bicyclic) bond motifs is 2. The predicted molar refractivity (Wildman–Crippen MR) is 182 cm³/mol. The van der Waals surface area contributed by atoms with Gasteiger partial charge in [0.05, 0.1) is 18.2 Å². The molecular formula is C38H62N4O3. The zero-order valence-corrected chi connectivity index (χ0v) is 29.4. The van der Waals surface area contributed by atoms with Gasteiger partial charge in [-0.2, -0.15) is 5.06 Å². The summed E-state index contributed by atoms with van der Waals surface area (Å²) in [6.45, 7) is 20.1. The number of carbonyl (C=O) groups excluding carboxylic acids is 1. The van der Waals surface area contributed by atoms with Gasteiger partial charge >= 0.3 is 0 Å². The Balaban J connectivity index is 1.26. The van der Waals surface area contributed by atoms with E-state index >= 15 is 0 Å². The number of nitrogens with zero attached hydrogens (tertiary/aromatic N) is 3. The third-order valence-corrected chi connectivity index (χ3v) is 12.2. The van der Waals surface area contributed by atoms with E-state index in [1.165, 1.54) is 44.1 Å². The van der Waals surface area contributed by atoms with Crippen molar-refractivity contribution in [3.8, 4) is 0 Å². The molecule has 1 unspecified atom stereocenters. The molecule has 1 heterocycles. The number of rotatable bonds is 13. The minimum atomic E-state index is -1.01. The molecular weight excluding hydrogens is 560 g/mol. The second kappa shape index (κ2) is 14.1. The summed E-state index contributed by atoms with van der Waals surface area (Å²) in [5, 5.41) is 16.4. The van der Waals surface area contributed by atoms with Crippen LogP contribution in [0.4, 0.5) is 0 Å². The van der Waals surface area contributed by atoms with Crippen LogP contribution in [0.15, 0.2) is 36.4 Å². The molecule has 5 aliphatic rings. The van der Waals surface area contributed by atoms with E-state index in [0.29, 0.717) is 41.9 Å². The Hall–Kier alpha value is -1.77. The van der Waals surface area contributed by atoms with Gasteiger partial charge in [0.1, 0.15) is 0 Å². The Morgan fingerprint density at radius 2 is 1.84 bits per heavy atom. The summed E-state index contributed by atoms with van der Waals surface area (Å²) in [5.74, 6) is 2.20. The molecule has 0 spiro atoms. The predicted octanol–water partition coefficient (Wildman–Crippen LogP) is 5.88. The van der Waals surface area contributed by atoms with Gasteiger partial charge in [0.25, 0.3) is 0 Å². The Morgan fingerprint density at radius 3 is 2.49 bits per heavy atom. The average Bonchev–Trinajstić information content (AvgIpc) is 3.41. The van der Waals surface area contributed by atoms with Gasteiger partial charge in [-0.1, -0.05) is 70.9 Å². The first-order valence-corrected chi connectivity index (χ1v) is 17.8. The van der Waals surface area contributed by atoms with Gasteiger partial charge in [0.15, 0.2) is 0 Å². The molecule has 0 radical (unpaired) electrons. The van der Waals surface area contributed by atoms with Gasteiger partial charge in [-0.25, -0.2) is 0 Å². The Labute approximate surface area is 273 Å². The maximum Gasteiger partial charge on any atom is 0.248 e. The molecule has 252 valence electrons. The first-order valence-electron chi connectivity index (χ1n) is 17.8. The van der Waals surface area contributed by atoms with Crippen LogP contribution in [0, 0.1) is 35.0 Å². The maximum absolute atomic E-state index is 13.8. The van der Waals surface area contributed by atoms with Crippen molar-refractivity contribution >= 4 is 5.91 Å². The fourth-order valence-corrected chi connectivity index (χ4v) is 9.01. The number of hydrogen-bond acceptors (Lipinski definition) is 6. The molecule has 4 aliphatic carbocycles. The fraction of sp³-hybridized carbons (Fsp3) is 0.763. The molecule has 6 rings (SSSR count). The summed E-state index contributed by atoms with van der Waals surface area (Å²) in [5.41, 5.74) is 2.30. The minimum absolute atomic E-state index is 0.103. The van der Waals surface area contributed by atoms with E-state index < -0.39 is 11.6 Å². The van der Waals surface area contributed by atoms with Crippen LogP contribution in [-0.2, 0) is 22.7 Å². The summed E-state index contributed by atoms with van der Waals surface area (Å²) >= 11 is 0. The fourth-order valence-electron chi connectivity index (χ4n) is 9.01. The number of hydrogen-bond donors (Lipinski definition) is 2. The molecule has 1 aliphatic heterocycles. The number of carbonyl (C=O) groups is 1. The van der Waals surface area contributed by atoms with Gasteiger partial charge < -0.3 is 15.3 Å². The van der Waals surface area contributed by atoms with Crippen LogP contribution in [0.5, 0.6) is 0 Å². The Morgan fingerprint density at radius 1 is 1.13 bits per heavy atom. The molecule has 5 fully saturated rings. The summed E-state index contributed by atoms with van der Waals surface area (Å²) in [6.07, 6.45) is 9.13. The molecule has 4 saturated carbocycles. The Kier molecular flexibility index (Phi) is 10.9. The first kappa shape index (κ1) is 34.6. The van der Waals surface area contributed by atoms with E-state index in [-0.39, 0.29) is 17.9 Å². The van der Waals surface area contributed by atoms with Crippen LogP contribution in [0.25, 0.3) is 0 Å². The third kappa shape index (κ3) is 8.03. The van der Waals surface area contributed by atoms with Crippen LogP contribution in [0.1, 0.15) is 90.7 Å². The van der Waals surface area contributed by atoms with Gasteiger partial charge in [-0.3, -0.25) is 14.5 Å². The zero-order valence-electron chi connectivity index (χ0n) is 29.4. The monoisotopic (exact) mass is 622 g/mol. The molecule has 7 heteroatoms. The minimum Gasteiger partial charge on any atom is -0.390 e. The van der Waals surface area contributed by atoms with Crippen LogP contribution in [0.3, 0.4) is 0 Å². The summed E-state index contributed by atoms with van der Waals surface area (Å²) in [6, 6.07) is 8.59. The zero-order chi connectivity index (χ0) is 32.5. The molecule has 1 aromatic carbocycles. The molecule has 0 aromatic heterocycles. The molecule has 45 heavy (non-hydrogen) atoms. The van der Waals surface area contributed by atoms with Crippen molar-refractivity contribution in [2.45, 2.75) is 110 Å². The molecule has 2 bridgehead atoms. The van der Waals surface area contributed by atoms with E-state index in [1.807, 2.05) is 18.9 Å². The number of hydroxylamine groups is 2. The van der Waals surface area contributed by atoms with Gasteiger partial charge in [-0.15, -0.1) is 0 Å². The number of aliphatic hydroxyl groups is 1. The highest BCUT2D eigenvalue weighted by molar-refractivity contribution is 5.94. The van der Waals surface area contributed by atoms with E-state index in [0.717, 1.165) is 44.1 Å². The van der Waals surface area contributed by atoms with Gasteiger partial charge in [0, 0.05) is 50.3 Å². The van der Waals surface area contributed by atoms with Crippen LogP contribution in [-0.4, -0.2) is 83.9 Å². The van der Waals surface area contributed by atoms with Gasteiger partial charge in [-0.05, 0) is 93.8 Å². The lowest BCUT2D eigenvalue weighted by Crippen LogP contribution is -2.61. The lowest BCUT2D eigenvalue weighted by molar-refractivity contribution is -0.141. The number of nitrogens with one attached hydrogen (secondary N) is 1. The van der Waals surface area contributed by atoms with Crippen LogP contribution < -0.4 is 5.32 Å². The quantitative estimate of drug-likeness (QED) is 0.268. The number of benzene rings is 1.